The van der Waals surface area contributed by atoms with E-state index in [0.29, 0.717) is 5.92 Å². The molecule has 0 spiro atoms. The Bertz CT molecular complexity index is 535. The minimum atomic E-state index is -3.63. The van der Waals surface area contributed by atoms with E-state index in [1.807, 2.05) is 13.8 Å². The zero-order valence-corrected chi connectivity index (χ0v) is 14.6. The van der Waals surface area contributed by atoms with Crippen molar-refractivity contribution in [2.24, 2.45) is 5.92 Å². The molecule has 0 aliphatic rings. The highest BCUT2D eigenvalue weighted by Crippen LogP contribution is 2.25. The Morgan fingerprint density at radius 3 is 2.53 bits per heavy atom. The molecule has 0 aliphatic heterocycles. The predicted molar refractivity (Wildman–Crippen MR) is 83.4 cm³/mol. The monoisotopic (exact) mass is 387 g/mol. The maximum Gasteiger partial charge on any atom is 0.242 e. The van der Waals surface area contributed by atoms with Gasteiger partial charge in [-0.05, 0) is 30.5 Å². The minimum Gasteiger partial charge on any atom is -0.210 e. The molecule has 108 valence electrons. The van der Waals surface area contributed by atoms with E-state index in [9.17, 15) is 8.42 Å². The van der Waals surface area contributed by atoms with E-state index in [2.05, 4.69) is 20.7 Å². The lowest BCUT2D eigenvalue weighted by atomic mass is 10.1. The molecule has 19 heavy (non-hydrogen) atoms. The summed E-state index contributed by atoms with van der Waals surface area (Å²) in [6.45, 7) is 4.26. The molecule has 1 N–H and O–H groups in total. The minimum absolute atomic E-state index is 0.0609. The van der Waals surface area contributed by atoms with Crippen molar-refractivity contribution in [3.05, 3.63) is 27.7 Å². The molecule has 0 aromatic heterocycles. The lowest BCUT2D eigenvalue weighted by Gasteiger charge is -2.14. The first-order valence-corrected chi connectivity index (χ1v) is 8.90. The van der Waals surface area contributed by atoms with Crippen LogP contribution in [0.15, 0.2) is 27.6 Å². The second-order valence-electron chi connectivity index (χ2n) is 4.65. The second kappa shape index (κ2) is 7.27. The van der Waals surface area contributed by atoms with Crippen molar-refractivity contribution in [2.75, 3.05) is 6.54 Å². The van der Waals surface area contributed by atoms with Gasteiger partial charge in [-0.15, -0.1) is 11.6 Å². The van der Waals surface area contributed by atoms with Crippen LogP contribution in [0.2, 0.25) is 5.02 Å². The van der Waals surface area contributed by atoms with Gasteiger partial charge in [-0.3, -0.25) is 0 Å². The summed E-state index contributed by atoms with van der Waals surface area (Å²) in [5, 5.41) is -0.0548. The molecule has 0 fully saturated rings. The van der Waals surface area contributed by atoms with Gasteiger partial charge in [0.05, 0.1) is 5.02 Å². The van der Waals surface area contributed by atoms with Gasteiger partial charge in [0.15, 0.2) is 0 Å². The van der Waals surface area contributed by atoms with Crippen LogP contribution in [0.3, 0.4) is 0 Å². The zero-order chi connectivity index (χ0) is 14.6. The van der Waals surface area contributed by atoms with Crippen LogP contribution in [0.4, 0.5) is 0 Å². The number of sulfonamides is 1. The molecule has 0 heterocycles. The highest BCUT2D eigenvalue weighted by molar-refractivity contribution is 9.10. The van der Waals surface area contributed by atoms with E-state index < -0.39 is 10.0 Å². The predicted octanol–water partition coefficient (Wildman–Crippen LogP) is 4.03. The molecule has 0 radical (unpaired) electrons. The highest BCUT2D eigenvalue weighted by atomic mass is 79.9. The van der Waals surface area contributed by atoms with Gasteiger partial charge in [0.25, 0.3) is 0 Å². The summed E-state index contributed by atoms with van der Waals surface area (Å²) in [7, 11) is -3.63. The van der Waals surface area contributed by atoms with Crippen molar-refractivity contribution in [1.29, 1.82) is 0 Å². The lowest BCUT2D eigenvalue weighted by molar-refractivity contribution is 0.544. The first-order valence-electron chi connectivity index (χ1n) is 5.81. The zero-order valence-electron chi connectivity index (χ0n) is 10.7. The van der Waals surface area contributed by atoms with Crippen LogP contribution < -0.4 is 4.72 Å². The van der Waals surface area contributed by atoms with Crippen LogP contribution in [0.1, 0.15) is 20.3 Å². The fraction of sp³-hybridized carbons (Fsp3) is 0.500. The Morgan fingerprint density at radius 1 is 1.37 bits per heavy atom. The smallest absolute Gasteiger partial charge is 0.210 e. The molecule has 1 atom stereocenters. The van der Waals surface area contributed by atoms with Gasteiger partial charge in [0, 0.05) is 16.4 Å². The van der Waals surface area contributed by atoms with Crippen molar-refractivity contribution in [1.82, 2.24) is 4.72 Å². The topological polar surface area (TPSA) is 46.2 Å². The van der Waals surface area contributed by atoms with Crippen LogP contribution in [0.25, 0.3) is 0 Å². The number of hydrogen-bond acceptors (Lipinski definition) is 2. The van der Waals surface area contributed by atoms with Gasteiger partial charge in [-0.2, -0.15) is 0 Å². The van der Waals surface area contributed by atoms with Crippen molar-refractivity contribution in [2.45, 2.75) is 30.5 Å². The van der Waals surface area contributed by atoms with Crippen LogP contribution in [-0.2, 0) is 10.0 Å². The molecule has 7 heteroatoms. The Balaban J connectivity index is 2.76. The number of rotatable bonds is 6. The van der Waals surface area contributed by atoms with Crippen molar-refractivity contribution < 1.29 is 8.42 Å². The average molecular weight is 389 g/mol. The van der Waals surface area contributed by atoms with Crippen molar-refractivity contribution >= 4 is 49.2 Å². The molecule has 1 rings (SSSR count). The maximum atomic E-state index is 12.1. The van der Waals surface area contributed by atoms with E-state index in [-0.39, 0.29) is 21.8 Å². The molecular formula is C12H16BrCl2NO2S. The summed E-state index contributed by atoms with van der Waals surface area (Å²) in [4.78, 5) is 0.0609. The van der Waals surface area contributed by atoms with Gasteiger partial charge >= 0.3 is 0 Å². The summed E-state index contributed by atoms with van der Waals surface area (Å²) in [6.07, 6.45) is 0.748. The van der Waals surface area contributed by atoms with E-state index in [0.717, 1.165) is 10.9 Å². The van der Waals surface area contributed by atoms with Gasteiger partial charge in [0.1, 0.15) is 4.90 Å². The number of alkyl halides is 1. The first kappa shape index (κ1) is 17.2. The fourth-order valence-electron chi connectivity index (χ4n) is 1.57. The first-order chi connectivity index (χ1) is 8.72. The van der Waals surface area contributed by atoms with Gasteiger partial charge in [0.2, 0.25) is 10.0 Å². The molecular weight excluding hydrogens is 373 g/mol. The highest BCUT2D eigenvalue weighted by Gasteiger charge is 2.19. The summed E-state index contributed by atoms with van der Waals surface area (Å²) in [5.41, 5.74) is 0. The molecule has 1 unspecified atom stereocenters. The number of nitrogens with one attached hydrogen (secondary N) is 1. The molecule has 3 nitrogen and oxygen atoms in total. The van der Waals surface area contributed by atoms with E-state index in [1.54, 1.807) is 12.1 Å². The van der Waals surface area contributed by atoms with E-state index >= 15 is 0 Å². The number of hydrogen-bond donors (Lipinski definition) is 1. The molecule has 0 saturated carbocycles. The summed E-state index contributed by atoms with van der Waals surface area (Å²) in [5.74, 6) is 0.420. The summed E-state index contributed by atoms with van der Waals surface area (Å²) in [6, 6.07) is 4.63. The SMILES string of the molecule is CC(C)CC(Cl)CNS(=O)(=O)c1ccc(Br)cc1Cl. The largest absolute Gasteiger partial charge is 0.242 e. The molecule has 1 aromatic carbocycles. The molecule has 0 saturated heterocycles. The molecule has 0 bridgehead atoms. The van der Waals surface area contributed by atoms with E-state index in [1.165, 1.54) is 6.07 Å². The van der Waals surface area contributed by atoms with Crippen molar-refractivity contribution in [3.8, 4) is 0 Å². The number of benzene rings is 1. The Kier molecular flexibility index (Phi) is 6.60. The van der Waals surface area contributed by atoms with Gasteiger partial charge in [-0.25, -0.2) is 13.1 Å². The lowest BCUT2D eigenvalue weighted by Crippen LogP contribution is -2.30. The fourth-order valence-corrected chi connectivity index (χ4v) is 4.21. The van der Waals surface area contributed by atoms with Crippen LogP contribution in [0, 0.1) is 5.92 Å². The quantitative estimate of drug-likeness (QED) is 0.747. The van der Waals surface area contributed by atoms with E-state index in [4.69, 9.17) is 23.2 Å². The van der Waals surface area contributed by atoms with Gasteiger partial charge in [-0.1, -0.05) is 41.4 Å². The average Bonchev–Trinajstić information content (AvgIpc) is 2.25. The summed E-state index contributed by atoms with van der Waals surface area (Å²) < 4.78 is 27.4. The third kappa shape index (κ3) is 5.60. The molecule has 0 amide bonds. The Labute approximate surface area is 132 Å². The third-order valence-electron chi connectivity index (χ3n) is 2.41. The number of halogens is 3. The normalized spacial score (nSPS) is 13.8. The standard InChI is InChI=1S/C12H16BrCl2NO2S/c1-8(2)5-10(14)7-16-19(17,18)12-4-3-9(13)6-11(12)15/h3-4,6,8,10,16H,5,7H2,1-2H3. The maximum absolute atomic E-state index is 12.1. The van der Waals surface area contributed by atoms with Crippen LogP contribution in [-0.4, -0.2) is 20.3 Å². The summed E-state index contributed by atoms with van der Waals surface area (Å²) >= 11 is 15.2. The van der Waals surface area contributed by atoms with Crippen molar-refractivity contribution in [3.63, 3.8) is 0 Å². The Hall–Kier alpha value is 0.190. The Morgan fingerprint density at radius 2 is 2.00 bits per heavy atom. The van der Waals surface area contributed by atoms with Crippen LogP contribution in [0.5, 0.6) is 0 Å². The van der Waals surface area contributed by atoms with Gasteiger partial charge < -0.3 is 0 Å². The second-order valence-corrected chi connectivity index (χ2v) is 8.33. The van der Waals surface area contributed by atoms with Crippen LogP contribution >= 0.6 is 39.1 Å². The third-order valence-corrected chi connectivity index (χ3v) is 5.14. The molecule has 0 aliphatic carbocycles. The molecule has 1 aromatic rings.